The fourth-order valence-corrected chi connectivity index (χ4v) is 3.85. The van der Waals surface area contributed by atoms with E-state index in [1.165, 1.54) is 16.8 Å². The van der Waals surface area contributed by atoms with E-state index in [4.69, 9.17) is 9.47 Å². The first-order chi connectivity index (χ1) is 13.1. The lowest BCUT2D eigenvalue weighted by molar-refractivity contribution is 0.270. The van der Waals surface area contributed by atoms with E-state index in [0.717, 1.165) is 36.6 Å². The number of fused-ring (bicyclic) bond motifs is 1. The van der Waals surface area contributed by atoms with Crippen LogP contribution in [0.25, 0.3) is 0 Å². The molecule has 2 aromatic rings. The molecule has 2 aliphatic rings. The van der Waals surface area contributed by atoms with Gasteiger partial charge in [0.05, 0.1) is 13.2 Å². The maximum Gasteiger partial charge on any atom is 0.162 e. The van der Waals surface area contributed by atoms with Gasteiger partial charge in [-0.25, -0.2) is 0 Å². The second-order valence-corrected chi connectivity index (χ2v) is 7.51. The second kappa shape index (κ2) is 7.61. The Morgan fingerprint density at radius 1 is 1.15 bits per heavy atom. The molecule has 0 spiro atoms. The molecule has 2 atom stereocenters. The fourth-order valence-electron chi connectivity index (χ4n) is 3.85. The highest BCUT2D eigenvalue weighted by molar-refractivity contribution is 5.89. The van der Waals surface area contributed by atoms with Gasteiger partial charge in [0.25, 0.3) is 0 Å². The van der Waals surface area contributed by atoms with Crippen molar-refractivity contribution in [2.24, 2.45) is 11.0 Å². The summed E-state index contributed by atoms with van der Waals surface area (Å²) in [5, 5.41) is 4.59. The van der Waals surface area contributed by atoms with Gasteiger partial charge in [0.2, 0.25) is 0 Å². The van der Waals surface area contributed by atoms with Crippen LogP contribution in [0, 0.1) is 12.8 Å². The summed E-state index contributed by atoms with van der Waals surface area (Å²) in [6.07, 6.45) is 1.04. The molecule has 0 aromatic heterocycles. The Morgan fingerprint density at radius 3 is 2.74 bits per heavy atom. The molecule has 0 radical (unpaired) electrons. The first kappa shape index (κ1) is 17.9. The van der Waals surface area contributed by atoms with Crippen molar-refractivity contribution < 1.29 is 9.47 Å². The average Bonchev–Trinajstić information content (AvgIpc) is 3.10. The van der Waals surface area contributed by atoms with Crippen LogP contribution in [0.4, 0.5) is 0 Å². The van der Waals surface area contributed by atoms with Crippen molar-refractivity contribution in [2.45, 2.75) is 26.0 Å². The van der Waals surface area contributed by atoms with Crippen molar-refractivity contribution in [3.05, 3.63) is 59.2 Å². The summed E-state index contributed by atoms with van der Waals surface area (Å²) in [7, 11) is 3.86. The molecule has 0 bridgehead atoms. The third-order valence-electron chi connectivity index (χ3n) is 5.50. The minimum Gasteiger partial charge on any atom is -0.493 e. The van der Waals surface area contributed by atoms with E-state index in [2.05, 4.69) is 65.8 Å². The Hall–Kier alpha value is -2.53. The number of benzene rings is 2. The van der Waals surface area contributed by atoms with Crippen LogP contribution in [0.5, 0.6) is 11.5 Å². The normalized spacial score (nSPS) is 22.0. The topological polar surface area (TPSA) is 46.1 Å². The van der Waals surface area contributed by atoms with Gasteiger partial charge in [0.1, 0.15) is 6.61 Å². The van der Waals surface area contributed by atoms with Gasteiger partial charge in [-0.15, -0.1) is 0 Å². The number of hydrogen-bond acceptors (Lipinski definition) is 5. The number of rotatable bonds is 5. The highest BCUT2D eigenvalue weighted by Gasteiger charge is 2.36. The molecule has 5 heteroatoms. The van der Waals surface area contributed by atoms with Crippen molar-refractivity contribution in [1.29, 1.82) is 0 Å². The van der Waals surface area contributed by atoms with E-state index in [0.29, 0.717) is 12.5 Å². The number of likely N-dealkylation sites (tertiary alicyclic amines) is 1. The van der Waals surface area contributed by atoms with Crippen molar-refractivity contribution in [1.82, 2.24) is 10.3 Å². The number of piperidine rings is 1. The van der Waals surface area contributed by atoms with Gasteiger partial charge in [-0.3, -0.25) is 0 Å². The van der Waals surface area contributed by atoms with E-state index >= 15 is 0 Å². The van der Waals surface area contributed by atoms with Crippen LogP contribution >= 0.6 is 0 Å². The monoisotopic (exact) mass is 365 g/mol. The average molecular weight is 365 g/mol. The van der Waals surface area contributed by atoms with Crippen LogP contribution in [-0.2, 0) is 6.61 Å². The first-order valence-corrected chi connectivity index (χ1v) is 9.51. The maximum absolute atomic E-state index is 6.11. The third kappa shape index (κ3) is 3.78. The summed E-state index contributed by atoms with van der Waals surface area (Å²) in [6, 6.07) is 14.8. The summed E-state index contributed by atoms with van der Waals surface area (Å²) >= 11 is 0. The highest BCUT2D eigenvalue weighted by Crippen LogP contribution is 2.37. The predicted molar refractivity (Wildman–Crippen MR) is 107 cm³/mol. The zero-order chi connectivity index (χ0) is 18.8. The Morgan fingerprint density at radius 2 is 1.96 bits per heavy atom. The number of ether oxygens (including phenoxy) is 2. The van der Waals surface area contributed by atoms with Crippen LogP contribution < -0.4 is 14.9 Å². The standard InChI is InChI=1S/C22H27N3O2/c1-15-4-6-16(7-5-15)14-27-21-12-17(8-9-20(21)26-3)22-18-13-25(2)11-10-19(18)23-24-22/h4-9,12,18,22,24H,10-11,13-14H2,1-3H3. The SMILES string of the molecule is COc1ccc(C2NN=C3CCN(C)CC32)cc1OCc1ccc(C)cc1. The minimum absolute atomic E-state index is 0.190. The molecule has 2 aliphatic heterocycles. The van der Waals surface area contributed by atoms with Crippen molar-refractivity contribution >= 4 is 5.71 Å². The third-order valence-corrected chi connectivity index (χ3v) is 5.50. The number of hydrazone groups is 1. The van der Waals surface area contributed by atoms with Crippen LogP contribution in [0.1, 0.15) is 29.2 Å². The van der Waals surface area contributed by atoms with E-state index in [9.17, 15) is 0 Å². The van der Waals surface area contributed by atoms with Crippen molar-refractivity contribution in [3.63, 3.8) is 0 Å². The first-order valence-electron chi connectivity index (χ1n) is 9.51. The minimum atomic E-state index is 0.190. The molecule has 2 unspecified atom stereocenters. The van der Waals surface area contributed by atoms with Crippen LogP contribution in [-0.4, -0.2) is 37.9 Å². The summed E-state index contributed by atoms with van der Waals surface area (Å²) < 4.78 is 11.6. The van der Waals surface area contributed by atoms with Gasteiger partial charge in [0.15, 0.2) is 11.5 Å². The molecule has 4 rings (SSSR count). The zero-order valence-electron chi connectivity index (χ0n) is 16.2. The van der Waals surface area contributed by atoms with Crippen LogP contribution in [0.2, 0.25) is 0 Å². The molecule has 1 saturated heterocycles. The lowest BCUT2D eigenvalue weighted by Gasteiger charge is -2.31. The number of methoxy groups -OCH3 is 1. The van der Waals surface area contributed by atoms with Gasteiger partial charge in [-0.1, -0.05) is 35.9 Å². The van der Waals surface area contributed by atoms with Crippen molar-refractivity contribution in [2.75, 3.05) is 27.2 Å². The molecule has 142 valence electrons. The Balaban J connectivity index is 1.53. The molecule has 27 heavy (non-hydrogen) atoms. The number of hydrogen-bond donors (Lipinski definition) is 1. The molecular weight excluding hydrogens is 338 g/mol. The molecule has 2 heterocycles. The van der Waals surface area contributed by atoms with Gasteiger partial charge in [0, 0.05) is 31.1 Å². The summed E-state index contributed by atoms with van der Waals surface area (Å²) in [5.74, 6) is 1.95. The Labute approximate surface area is 161 Å². The Bertz CT molecular complexity index is 832. The predicted octanol–water partition coefficient (Wildman–Crippen LogP) is 3.53. The maximum atomic E-state index is 6.11. The van der Waals surface area contributed by atoms with Gasteiger partial charge in [-0.05, 0) is 37.2 Å². The van der Waals surface area contributed by atoms with E-state index in [1.54, 1.807) is 7.11 Å². The van der Waals surface area contributed by atoms with Gasteiger partial charge in [-0.2, -0.15) is 5.10 Å². The molecule has 2 aromatic carbocycles. The molecule has 0 saturated carbocycles. The molecular formula is C22H27N3O2. The molecule has 1 N–H and O–H groups in total. The van der Waals surface area contributed by atoms with Crippen LogP contribution in [0.15, 0.2) is 47.6 Å². The lowest BCUT2D eigenvalue weighted by atomic mass is 9.86. The fraction of sp³-hybridized carbons (Fsp3) is 0.409. The highest BCUT2D eigenvalue weighted by atomic mass is 16.5. The zero-order valence-corrected chi connectivity index (χ0v) is 16.2. The summed E-state index contributed by atoms with van der Waals surface area (Å²) in [5.41, 5.74) is 8.22. The summed E-state index contributed by atoms with van der Waals surface area (Å²) in [6.45, 7) is 4.72. The molecule has 5 nitrogen and oxygen atoms in total. The van der Waals surface area contributed by atoms with Gasteiger partial charge >= 0.3 is 0 Å². The summed E-state index contributed by atoms with van der Waals surface area (Å²) in [4.78, 5) is 2.38. The van der Waals surface area contributed by atoms with E-state index in [1.807, 2.05) is 6.07 Å². The number of nitrogens with one attached hydrogen (secondary N) is 1. The van der Waals surface area contributed by atoms with Crippen molar-refractivity contribution in [3.8, 4) is 11.5 Å². The number of nitrogens with zero attached hydrogens (tertiary/aromatic N) is 2. The molecule has 0 amide bonds. The molecule has 1 fully saturated rings. The van der Waals surface area contributed by atoms with Crippen LogP contribution in [0.3, 0.4) is 0 Å². The van der Waals surface area contributed by atoms with E-state index in [-0.39, 0.29) is 6.04 Å². The second-order valence-electron chi connectivity index (χ2n) is 7.51. The number of aryl methyl sites for hydroxylation is 1. The largest absolute Gasteiger partial charge is 0.493 e. The van der Waals surface area contributed by atoms with E-state index < -0.39 is 0 Å². The quantitative estimate of drug-likeness (QED) is 0.880. The van der Waals surface area contributed by atoms with Gasteiger partial charge < -0.3 is 19.8 Å². The molecule has 0 aliphatic carbocycles. The Kier molecular flexibility index (Phi) is 5.03. The lowest BCUT2D eigenvalue weighted by Crippen LogP contribution is -2.39. The smallest absolute Gasteiger partial charge is 0.162 e.